The summed E-state index contributed by atoms with van der Waals surface area (Å²) in [5, 5.41) is 10.1. The standard InChI is InChI=1S/C14H20N2O2.C2H6/c1-15-4-6-16(7-5-15)11-9-13(17)12-3-2-8-18-14(12)10-11;1-2/h9-10,17H,2-8H2,1H3;1-2H3. The fourth-order valence-corrected chi connectivity index (χ4v) is 2.67. The Morgan fingerprint density at radius 2 is 1.80 bits per heavy atom. The lowest BCUT2D eigenvalue weighted by molar-refractivity contribution is 0.283. The van der Waals surface area contributed by atoms with Crippen molar-refractivity contribution < 1.29 is 9.84 Å². The number of nitrogens with zero attached hydrogens (tertiary/aromatic N) is 2. The molecule has 0 aliphatic carbocycles. The molecule has 2 aliphatic rings. The summed E-state index contributed by atoms with van der Waals surface area (Å²) in [4.78, 5) is 4.64. The van der Waals surface area contributed by atoms with E-state index < -0.39 is 0 Å². The SMILES string of the molecule is CC.CN1CCN(c2cc(O)c3c(c2)OCCC3)CC1. The number of hydrogen-bond donors (Lipinski definition) is 1. The molecule has 112 valence electrons. The van der Waals surface area contributed by atoms with E-state index in [1.165, 1.54) is 0 Å². The van der Waals surface area contributed by atoms with E-state index in [4.69, 9.17) is 4.74 Å². The third-order valence-electron chi connectivity index (χ3n) is 3.87. The quantitative estimate of drug-likeness (QED) is 0.856. The van der Waals surface area contributed by atoms with E-state index in [0.29, 0.717) is 5.75 Å². The summed E-state index contributed by atoms with van der Waals surface area (Å²) in [5.41, 5.74) is 2.06. The number of phenolic OH excluding ortho intramolecular Hbond substituents is 1. The minimum atomic E-state index is 0.390. The Balaban J connectivity index is 0.000000704. The van der Waals surface area contributed by atoms with E-state index in [9.17, 15) is 5.11 Å². The Morgan fingerprint density at radius 3 is 2.50 bits per heavy atom. The van der Waals surface area contributed by atoms with Gasteiger partial charge in [0.2, 0.25) is 0 Å². The normalized spacial score (nSPS) is 18.6. The van der Waals surface area contributed by atoms with Crippen LogP contribution in [0.5, 0.6) is 11.5 Å². The number of rotatable bonds is 1. The molecule has 0 atom stereocenters. The minimum Gasteiger partial charge on any atom is -0.507 e. The lowest BCUT2D eigenvalue weighted by atomic mass is 10.0. The van der Waals surface area contributed by atoms with Gasteiger partial charge in [-0.15, -0.1) is 0 Å². The van der Waals surface area contributed by atoms with Gasteiger partial charge >= 0.3 is 0 Å². The van der Waals surface area contributed by atoms with E-state index >= 15 is 0 Å². The molecular formula is C16H26N2O2. The molecule has 1 N–H and O–H groups in total. The molecule has 1 fully saturated rings. The number of likely N-dealkylation sites (N-methyl/N-ethyl adjacent to an activating group) is 1. The second kappa shape index (κ2) is 6.84. The zero-order chi connectivity index (χ0) is 14.5. The van der Waals surface area contributed by atoms with E-state index in [0.717, 1.165) is 62.6 Å². The Morgan fingerprint density at radius 1 is 1.10 bits per heavy atom. The fraction of sp³-hybridized carbons (Fsp3) is 0.625. The molecule has 0 aromatic heterocycles. The van der Waals surface area contributed by atoms with Crippen LogP contribution in [0, 0.1) is 0 Å². The molecule has 3 rings (SSSR count). The van der Waals surface area contributed by atoms with Crippen molar-refractivity contribution >= 4 is 5.69 Å². The molecule has 0 radical (unpaired) electrons. The van der Waals surface area contributed by atoms with Crippen molar-refractivity contribution in [3.05, 3.63) is 17.7 Å². The van der Waals surface area contributed by atoms with Crippen LogP contribution in [0.15, 0.2) is 12.1 Å². The summed E-state index contributed by atoms with van der Waals surface area (Å²) in [5.74, 6) is 1.26. The average Bonchev–Trinajstić information content (AvgIpc) is 2.50. The van der Waals surface area contributed by atoms with Gasteiger partial charge in [-0.25, -0.2) is 0 Å². The molecule has 1 saturated heterocycles. The van der Waals surface area contributed by atoms with Crippen LogP contribution in [0.1, 0.15) is 25.8 Å². The number of hydrogen-bond acceptors (Lipinski definition) is 4. The predicted octanol–water partition coefficient (Wildman–Crippen LogP) is 2.50. The molecule has 0 amide bonds. The largest absolute Gasteiger partial charge is 0.507 e. The van der Waals surface area contributed by atoms with E-state index in [1.54, 1.807) is 0 Å². The number of ether oxygens (including phenoxy) is 1. The second-order valence-corrected chi connectivity index (χ2v) is 5.18. The zero-order valence-corrected chi connectivity index (χ0v) is 12.9. The van der Waals surface area contributed by atoms with Crippen molar-refractivity contribution in [1.29, 1.82) is 0 Å². The molecule has 2 heterocycles. The summed E-state index contributed by atoms with van der Waals surface area (Å²) in [6.07, 6.45) is 1.92. The maximum Gasteiger partial charge on any atom is 0.128 e. The van der Waals surface area contributed by atoms with Crippen LogP contribution in [-0.2, 0) is 6.42 Å². The van der Waals surface area contributed by atoms with E-state index in [1.807, 2.05) is 19.9 Å². The van der Waals surface area contributed by atoms with Crippen LogP contribution in [0.4, 0.5) is 5.69 Å². The molecule has 0 spiro atoms. The molecule has 1 aromatic rings. The van der Waals surface area contributed by atoms with Crippen molar-refractivity contribution in [3.63, 3.8) is 0 Å². The highest BCUT2D eigenvalue weighted by atomic mass is 16.5. The zero-order valence-electron chi connectivity index (χ0n) is 12.9. The molecular weight excluding hydrogens is 252 g/mol. The van der Waals surface area contributed by atoms with Gasteiger partial charge in [-0.2, -0.15) is 0 Å². The lowest BCUT2D eigenvalue weighted by Crippen LogP contribution is -2.44. The first-order valence-electron chi connectivity index (χ1n) is 7.66. The van der Waals surface area contributed by atoms with Crippen molar-refractivity contribution in [3.8, 4) is 11.5 Å². The highest BCUT2D eigenvalue weighted by Gasteiger charge is 2.20. The minimum absolute atomic E-state index is 0.390. The van der Waals surface area contributed by atoms with Crippen LogP contribution in [0.2, 0.25) is 0 Å². The first-order chi connectivity index (χ1) is 9.74. The first kappa shape index (κ1) is 15.0. The highest BCUT2D eigenvalue weighted by molar-refractivity contribution is 5.60. The Bertz CT molecular complexity index is 440. The summed E-state index contributed by atoms with van der Waals surface area (Å²) >= 11 is 0. The van der Waals surface area contributed by atoms with Gasteiger partial charge < -0.3 is 19.6 Å². The fourth-order valence-electron chi connectivity index (χ4n) is 2.67. The lowest BCUT2D eigenvalue weighted by Gasteiger charge is -2.34. The van der Waals surface area contributed by atoms with E-state index in [-0.39, 0.29) is 0 Å². The molecule has 4 nitrogen and oxygen atoms in total. The Kier molecular flexibility index (Phi) is 5.12. The first-order valence-corrected chi connectivity index (χ1v) is 7.66. The van der Waals surface area contributed by atoms with Crippen molar-refractivity contribution in [2.45, 2.75) is 26.7 Å². The number of aromatic hydroxyl groups is 1. The van der Waals surface area contributed by atoms with Gasteiger partial charge in [0.1, 0.15) is 11.5 Å². The van der Waals surface area contributed by atoms with Gasteiger partial charge in [-0.3, -0.25) is 0 Å². The molecule has 0 bridgehead atoms. The van der Waals surface area contributed by atoms with Crippen LogP contribution in [0.25, 0.3) is 0 Å². The molecule has 2 aliphatic heterocycles. The monoisotopic (exact) mass is 278 g/mol. The Hall–Kier alpha value is -1.42. The summed E-state index contributed by atoms with van der Waals surface area (Å²) < 4.78 is 5.66. The van der Waals surface area contributed by atoms with Gasteiger partial charge in [-0.05, 0) is 19.9 Å². The number of anilines is 1. The number of phenols is 1. The maximum atomic E-state index is 10.1. The van der Waals surface area contributed by atoms with Gasteiger partial charge in [0, 0.05) is 49.6 Å². The van der Waals surface area contributed by atoms with Crippen LogP contribution >= 0.6 is 0 Å². The average molecular weight is 278 g/mol. The predicted molar refractivity (Wildman–Crippen MR) is 83.0 cm³/mol. The number of fused-ring (bicyclic) bond motifs is 1. The van der Waals surface area contributed by atoms with Gasteiger partial charge in [0.05, 0.1) is 6.61 Å². The molecule has 20 heavy (non-hydrogen) atoms. The number of piperazine rings is 1. The summed E-state index contributed by atoms with van der Waals surface area (Å²) in [6, 6.07) is 3.97. The molecule has 0 saturated carbocycles. The maximum absolute atomic E-state index is 10.1. The van der Waals surface area contributed by atoms with Crippen LogP contribution in [0.3, 0.4) is 0 Å². The third kappa shape index (κ3) is 3.18. The highest BCUT2D eigenvalue weighted by Crippen LogP contribution is 2.37. The number of benzene rings is 1. The molecule has 0 unspecified atom stereocenters. The van der Waals surface area contributed by atoms with Gasteiger partial charge in [-0.1, -0.05) is 13.8 Å². The molecule has 4 heteroatoms. The third-order valence-corrected chi connectivity index (χ3v) is 3.87. The Labute approximate surface area is 122 Å². The van der Waals surface area contributed by atoms with Gasteiger partial charge in [0.25, 0.3) is 0 Å². The molecule has 1 aromatic carbocycles. The van der Waals surface area contributed by atoms with Crippen LogP contribution in [-0.4, -0.2) is 49.8 Å². The smallest absolute Gasteiger partial charge is 0.128 e. The summed E-state index contributed by atoms with van der Waals surface area (Å²) in [6.45, 7) is 8.92. The second-order valence-electron chi connectivity index (χ2n) is 5.18. The van der Waals surface area contributed by atoms with E-state index in [2.05, 4.69) is 22.9 Å². The van der Waals surface area contributed by atoms with Crippen molar-refractivity contribution in [2.24, 2.45) is 0 Å². The summed E-state index contributed by atoms with van der Waals surface area (Å²) in [7, 11) is 2.14. The van der Waals surface area contributed by atoms with Crippen LogP contribution < -0.4 is 9.64 Å². The van der Waals surface area contributed by atoms with Crippen molar-refractivity contribution in [1.82, 2.24) is 4.90 Å². The topological polar surface area (TPSA) is 35.9 Å². The van der Waals surface area contributed by atoms with Crippen molar-refractivity contribution in [2.75, 3.05) is 44.7 Å². The van der Waals surface area contributed by atoms with Gasteiger partial charge in [0.15, 0.2) is 0 Å².